The Kier molecular flexibility index (Phi) is 7.07. The Morgan fingerprint density at radius 1 is 0.288 bits per heavy atom. The Balaban J connectivity index is 1.03. The lowest BCUT2D eigenvalue weighted by Gasteiger charge is -2.11. The largest absolute Gasteiger partial charge is 0.248 e. The lowest BCUT2D eigenvalue weighted by atomic mass is 9.95. The van der Waals surface area contributed by atoms with Crippen LogP contribution in [0.3, 0.4) is 0 Å². The van der Waals surface area contributed by atoms with Gasteiger partial charge in [0.2, 0.25) is 0 Å². The zero-order chi connectivity index (χ0) is 34.4. The van der Waals surface area contributed by atoms with Crippen molar-refractivity contribution in [3.63, 3.8) is 0 Å². The van der Waals surface area contributed by atoms with Gasteiger partial charge in [0.25, 0.3) is 0 Å². The van der Waals surface area contributed by atoms with Gasteiger partial charge < -0.3 is 0 Å². The molecule has 0 atom stereocenters. The van der Waals surface area contributed by atoms with Crippen molar-refractivity contribution in [2.24, 2.45) is 0 Å². The lowest BCUT2D eigenvalue weighted by molar-refractivity contribution is 1.06. The van der Waals surface area contributed by atoms with E-state index in [1.807, 2.05) is 66.7 Å². The Hall–Kier alpha value is -7.11. The van der Waals surface area contributed by atoms with E-state index < -0.39 is 0 Å². The maximum absolute atomic E-state index is 5.16. The summed E-state index contributed by atoms with van der Waals surface area (Å²) in [6.45, 7) is 0. The highest BCUT2D eigenvalue weighted by atomic mass is 15.0. The summed E-state index contributed by atoms with van der Waals surface area (Å²) in [5, 5.41) is 7.04. The fourth-order valence-corrected chi connectivity index (χ4v) is 7.07. The molecule has 0 aliphatic carbocycles. The van der Waals surface area contributed by atoms with Crippen molar-refractivity contribution in [2.45, 2.75) is 0 Å². The second kappa shape index (κ2) is 12.3. The summed E-state index contributed by atoms with van der Waals surface area (Å²) in [6, 6.07) is 60.7. The van der Waals surface area contributed by atoms with Gasteiger partial charge in [-0.25, -0.2) is 24.9 Å². The molecule has 0 fully saturated rings. The third-order valence-electron chi connectivity index (χ3n) is 9.69. The zero-order valence-electron chi connectivity index (χ0n) is 28.0. The number of nitrogens with zero attached hydrogens (tertiary/aromatic N) is 5. The van der Waals surface area contributed by atoms with Gasteiger partial charge in [-0.3, -0.25) is 0 Å². The molecular formula is C47H29N5. The summed E-state index contributed by atoms with van der Waals surface area (Å²) in [6.07, 6.45) is 0. The molecule has 0 radical (unpaired) electrons. The number of fused-ring (bicyclic) bond motifs is 5. The highest BCUT2D eigenvalue weighted by molar-refractivity contribution is 6.14. The van der Waals surface area contributed by atoms with Gasteiger partial charge >= 0.3 is 0 Å². The molecule has 3 aromatic heterocycles. The minimum Gasteiger partial charge on any atom is -0.248 e. The monoisotopic (exact) mass is 663 g/mol. The van der Waals surface area contributed by atoms with Crippen molar-refractivity contribution in [3.8, 4) is 56.7 Å². The average Bonchev–Trinajstić information content (AvgIpc) is 3.23. The SMILES string of the molecule is c1ccc(-c2nc(-c3ccccc3)nc(-c3ccc4ccc(-c5ccc6nc(-c7cccc8ccc9ccccc9c78)ccc6c5)cc4n3)n2)cc1. The maximum atomic E-state index is 5.16. The summed E-state index contributed by atoms with van der Waals surface area (Å²) in [4.78, 5) is 24.9. The molecule has 7 aromatic carbocycles. The second-order valence-electron chi connectivity index (χ2n) is 12.9. The summed E-state index contributed by atoms with van der Waals surface area (Å²) in [5.74, 6) is 1.76. The zero-order valence-corrected chi connectivity index (χ0v) is 28.0. The Labute approximate surface area is 300 Å². The summed E-state index contributed by atoms with van der Waals surface area (Å²) < 4.78 is 0. The van der Waals surface area contributed by atoms with Gasteiger partial charge in [0, 0.05) is 27.5 Å². The first kappa shape index (κ1) is 29.8. The molecule has 242 valence electrons. The van der Waals surface area contributed by atoms with Crippen LogP contribution in [-0.2, 0) is 0 Å². The van der Waals surface area contributed by atoms with Crippen LogP contribution >= 0.6 is 0 Å². The number of pyridine rings is 2. The fourth-order valence-electron chi connectivity index (χ4n) is 7.07. The number of rotatable bonds is 5. The van der Waals surface area contributed by atoms with Crippen LogP contribution in [0.4, 0.5) is 0 Å². The van der Waals surface area contributed by atoms with Crippen molar-refractivity contribution in [1.29, 1.82) is 0 Å². The van der Waals surface area contributed by atoms with Crippen LogP contribution in [0, 0.1) is 0 Å². The lowest BCUT2D eigenvalue weighted by Crippen LogP contribution is -2.01. The van der Waals surface area contributed by atoms with Crippen LogP contribution in [0.1, 0.15) is 0 Å². The van der Waals surface area contributed by atoms with Crippen molar-refractivity contribution >= 4 is 43.4 Å². The van der Waals surface area contributed by atoms with Crippen LogP contribution < -0.4 is 0 Å². The van der Waals surface area contributed by atoms with E-state index in [4.69, 9.17) is 24.9 Å². The van der Waals surface area contributed by atoms with E-state index in [1.165, 1.54) is 21.5 Å². The van der Waals surface area contributed by atoms with Crippen molar-refractivity contribution in [3.05, 3.63) is 176 Å². The molecule has 3 heterocycles. The fraction of sp³-hybridized carbons (Fsp3) is 0. The van der Waals surface area contributed by atoms with E-state index >= 15 is 0 Å². The van der Waals surface area contributed by atoms with Gasteiger partial charge in [0.15, 0.2) is 17.5 Å². The van der Waals surface area contributed by atoms with E-state index in [0.717, 1.165) is 55.3 Å². The highest BCUT2D eigenvalue weighted by Crippen LogP contribution is 2.35. The number of hydrogen-bond donors (Lipinski definition) is 0. The first-order chi connectivity index (χ1) is 25.7. The smallest absolute Gasteiger partial charge is 0.182 e. The Morgan fingerprint density at radius 2 is 0.865 bits per heavy atom. The molecule has 0 bridgehead atoms. The second-order valence-corrected chi connectivity index (χ2v) is 12.9. The van der Waals surface area contributed by atoms with E-state index in [0.29, 0.717) is 23.2 Å². The minimum absolute atomic E-state index is 0.534. The normalized spacial score (nSPS) is 11.5. The van der Waals surface area contributed by atoms with Crippen molar-refractivity contribution in [2.75, 3.05) is 0 Å². The molecule has 0 unspecified atom stereocenters. The molecule has 0 spiro atoms. The quantitative estimate of drug-likeness (QED) is 0.171. The molecular weight excluding hydrogens is 635 g/mol. The topological polar surface area (TPSA) is 64.5 Å². The molecule has 0 N–H and O–H groups in total. The van der Waals surface area contributed by atoms with Gasteiger partial charge in [0.1, 0.15) is 5.69 Å². The molecule has 0 saturated carbocycles. The van der Waals surface area contributed by atoms with Crippen LogP contribution in [0.5, 0.6) is 0 Å². The van der Waals surface area contributed by atoms with Crippen LogP contribution in [0.25, 0.3) is 100 Å². The molecule has 5 heteroatoms. The van der Waals surface area contributed by atoms with E-state index in [2.05, 4.69) is 109 Å². The average molecular weight is 664 g/mol. The van der Waals surface area contributed by atoms with Gasteiger partial charge in [-0.15, -0.1) is 0 Å². The van der Waals surface area contributed by atoms with Gasteiger partial charge in [-0.05, 0) is 63.0 Å². The summed E-state index contributed by atoms with van der Waals surface area (Å²) >= 11 is 0. The molecule has 0 aliphatic heterocycles. The number of benzene rings is 7. The molecule has 10 rings (SSSR count). The van der Waals surface area contributed by atoms with Crippen LogP contribution in [-0.4, -0.2) is 24.9 Å². The summed E-state index contributed by atoms with van der Waals surface area (Å²) in [7, 11) is 0. The predicted molar refractivity (Wildman–Crippen MR) is 213 cm³/mol. The van der Waals surface area contributed by atoms with E-state index in [1.54, 1.807) is 0 Å². The van der Waals surface area contributed by atoms with Gasteiger partial charge in [-0.2, -0.15) is 0 Å². The third kappa shape index (κ3) is 5.32. The minimum atomic E-state index is 0.534. The van der Waals surface area contributed by atoms with Gasteiger partial charge in [-0.1, -0.05) is 146 Å². The molecule has 10 aromatic rings. The summed E-state index contributed by atoms with van der Waals surface area (Å²) in [5.41, 5.74) is 8.66. The molecule has 52 heavy (non-hydrogen) atoms. The molecule has 0 saturated heterocycles. The number of hydrogen-bond acceptors (Lipinski definition) is 5. The first-order valence-corrected chi connectivity index (χ1v) is 17.3. The van der Waals surface area contributed by atoms with E-state index in [9.17, 15) is 0 Å². The van der Waals surface area contributed by atoms with Crippen molar-refractivity contribution < 1.29 is 0 Å². The van der Waals surface area contributed by atoms with Gasteiger partial charge in [0.05, 0.1) is 16.7 Å². The molecule has 0 amide bonds. The Morgan fingerprint density at radius 3 is 1.67 bits per heavy atom. The molecule has 5 nitrogen and oxygen atoms in total. The van der Waals surface area contributed by atoms with E-state index in [-0.39, 0.29) is 0 Å². The Bertz CT molecular complexity index is 2900. The molecule has 0 aliphatic rings. The third-order valence-corrected chi connectivity index (χ3v) is 9.69. The first-order valence-electron chi connectivity index (χ1n) is 17.3. The van der Waals surface area contributed by atoms with Crippen LogP contribution in [0.15, 0.2) is 176 Å². The number of aromatic nitrogens is 5. The standard InChI is InChI=1S/C47H29N5/c1-3-11-33(12-4-1)45-50-46(34-13-5-2-6-14-34)52-47(51-45)42-27-22-31-19-21-36(29-43(31)49-42)35-23-25-40-37(28-35)24-26-41(48-40)39-17-9-15-32-20-18-30-10-7-8-16-38(30)44(32)39/h1-29H. The highest BCUT2D eigenvalue weighted by Gasteiger charge is 2.15. The maximum Gasteiger partial charge on any atom is 0.182 e. The van der Waals surface area contributed by atoms with Crippen molar-refractivity contribution in [1.82, 2.24) is 24.9 Å². The van der Waals surface area contributed by atoms with Crippen LogP contribution in [0.2, 0.25) is 0 Å². The predicted octanol–water partition coefficient (Wildman–Crippen LogP) is 11.6.